The Labute approximate surface area is 236 Å². The fraction of sp³-hybridized carbons (Fsp3) is 0.259. The van der Waals surface area contributed by atoms with Crippen molar-refractivity contribution in [1.29, 1.82) is 0 Å². The van der Waals surface area contributed by atoms with E-state index < -0.39 is 73.4 Å². The van der Waals surface area contributed by atoms with Crippen LogP contribution in [0.15, 0.2) is 71.7 Å². The molecular formula is C27H24N4O11. The summed E-state index contributed by atoms with van der Waals surface area (Å²) >= 11 is 0. The van der Waals surface area contributed by atoms with Crippen LogP contribution in [-0.4, -0.2) is 76.1 Å². The summed E-state index contributed by atoms with van der Waals surface area (Å²) < 4.78 is 23.7. The highest BCUT2D eigenvalue weighted by molar-refractivity contribution is 6.03. The topological polar surface area (TPSA) is 208 Å². The number of benzene rings is 2. The molecule has 0 aliphatic carbocycles. The predicted octanol–water partition coefficient (Wildman–Crippen LogP) is -0.0480. The van der Waals surface area contributed by atoms with Crippen molar-refractivity contribution in [2.24, 2.45) is 5.73 Å². The van der Waals surface area contributed by atoms with Crippen molar-refractivity contribution in [2.75, 3.05) is 18.7 Å². The number of fused-ring (bicyclic) bond motifs is 2. The molecule has 15 nitrogen and oxygen atoms in total. The second-order valence-electron chi connectivity index (χ2n) is 9.13. The molecule has 0 bridgehead atoms. The fourth-order valence-electron chi connectivity index (χ4n) is 4.28. The van der Waals surface area contributed by atoms with E-state index in [1.54, 1.807) is 42.5 Å². The molecule has 1 aromatic heterocycles. The predicted molar refractivity (Wildman–Crippen MR) is 139 cm³/mol. The number of aliphatic hydroxyl groups is 1. The van der Waals surface area contributed by atoms with E-state index in [0.29, 0.717) is 0 Å². The molecule has 1 saturated heterocycles. The Bertz CT molecular complexity index is 1560. The molecule has 2 aliphatic rings. The lowest BCUT2D eigenvalue weighted by Gasteiger charge is -2.27. The number of aliphatic hydroxyl groups excluding tert-OH is 1. The van der Waals surface area contributed by atoms with E-state index in [0.717, 1.165) is 4.57 Å². The second-order valence-corrected chi connectivity index (χ2v) is 9.13. The fourth-order valence-corrected chi connectivity index (χ4v) is 4.28. The van der Waals surface area contributed by atoms with Gasteiger partial charge in [-0.2, -0.15) is 4.98 Å². The summed E-state index contributed by atoms with van der Waals surface area (Å²) in [6.45, 7) is -1.08. The van der Waals surface area contributed by atoms with Gasteiger partial charge >= 0.3 is 29.6 Å². The molecule has 4 N–H and O–H groups in total. The number of rotatable bonds is 8. The number of hydrogen-bond donors (Lipinski definition) is 3. The maximum Gasteiger partial charge on any atom is 0.351 e. The summed E-state index contributed by atoms with van der Waals surface area (Å²) in [6, 6.07) is 14.0. The molecule has 2 aromatic carbocycles. The summed E-state index contributed by atoms with van der Waals surface area (Å²) in [5, 5.41) is 8.94. The molecule has 0 spiro atoms. The molecule has 1 fully saturated rings. The Hall–Kier alpha value is -5.12. The SMILES string of the molecule is N[C@H](CO)C(=O)ONc1ccn([C@@H]2O[C@H](COC(=O)c3ccccc3)[C@H]3OC(=O)c4ccccc4C(=O)O[C@H]32)c(=O)n1. The second kappa shape index (κ2) is 12.2. The minimum absolute atomic E-state index is 0.0332. The number of carbonyl (C=O) groups excluding carboxylic acids is 4. The lowest BCUT2D eigenvalue weighted by molar-refractivity contribution is -0.143. The van der Waals surface area contributed by atoms with Gasteiger partial charge in [0.05, 0.1) is 23.3 Å². The summed E-state index contributed by atoms with van der Waals surface area (Å²) in [5.41, 5.74) is 6.77. The zero-order valence-electron chi connectivity index (χ0n) is 21.7. The van der Waals surface area contributed by atoms with Crippen molar-refractivity contribution in [1.82, 2.24) is 9.55 Å². The normalized spacial score (nSPS) is 21.9. The number of nitrogens with zero attached hydrogens (tertiary/aromatic N) is 2. The maximum absolute atomic E-state index is 13.1. The van der Waals surface area contributed by atoms with E-state index >= 15 is 0 Å². The van der Waals surface area contributed by atoms with Gasteiger partial charge in [0.15, 0.2) is 24.3 Å². The van der Waals surface area contributed by atoms with Crippen molar-refractivity contribution in [2.45, 2.75) is 30.6 Å². The third-order valence-corrected chi connectivity index (χ3v) is 6.39. The first-order valence-corrected chi connectivity index (χ1v) is 12.6. The standard InChI is InChI=1S/C27H24N4O11/c28-17(12-32)26(36)42-30-19-10-11-31(27(37)29-19)22-21-20(18(39-22)13-38-23(33)14-6-2-1-3-7-14)40-24(34)15-8-4-5-9-16(15)25(35)41-21/h1-11,17-18,20-22,32H,12-13,28H2,(H,29,30,37)/t17-,18-,20-,21-,22-/m1/s1. The zero-order valence-corrected chi connectivity index (χ0v) is 21.7. The van der Waals surface area contributed by atoms with Crippen molar-refractivity contribution >= 4 is 29.7 Å². The van der Waals surface area contributed by atoms with Crippen molar-refractivity contribution in [3.63, 3.8) is 0 Å². The molecule has 2 aliphatic heterocycles. The van der Waals surface area contributed by atoms with E-state index in [2.05, 4.69) is 10.5 Å². The van der Waals surface area contributed by atoms with Crippen LogP contribution in [0.2, 0.25) is 0 Å². The van der Waals surface area contributed by atoms with Crippen molar-refractivity contribution in [3.05, 3.63) is 94.0 Å². The van der Waals surface area contributed by atoms with Crippen LogP contribution >= 0.6 is 0 Å². The first-order valence-electron chi connectivity index (χ1n) is 12.6. The van der Waals surface area contributed by atoms with Crippen LogP contribution in [0.4, 0.5) is 5.82 Å². The number of anilines is 1. The Balaban J connectivity index is 1.42. The first-order chi connectivity index (χ1) is 20.3. The van der Waals surface area contributed by atoms with Crippen LogP contribution in [0, 0.1) is 0 Å². The highest BCUT2D eigenvalue weighted by Gasteiger charge is 2.52. The van der Waals surface area contributed by atoms with Gasteiger partial charge in [-0.1, -0.05) is 30.3 Å². The number of nitrogens with two attached hydrogens (primary N) is 1. The van der Waals surface area contributed by atoms with Gasteiger partial charge in [0.25, 0.3) is 0 Å². The van der Waals surface area contributed by atoms with Crippen molar-refractivity contribution in [3.8, 4) is 0 Å². The van der Waals surface area contributed by atoms with E-state index in [4.69, 9.17) is 34.6 Å². The number of carbonyl (C=O) groups is 4. The Kier molecular flexibility index (Phi) is 8.24. The van der Waals surface area contributed by atoms with E-state index in [1.165, 1.54) is 24.4 Å². The first kappa shape index (κ1) is 28.4. The molecule has 0 saturated carbocycles. The van der Waals surface area contributed by atoms with E-state index in [9.17, 15) is 24.0 Å². The molecule has 5 atom stereocenters. The molecule has 3 heterocycles. The lowest BCUT2D eigenvalue weighted by Crippen LogP contribution is -2.44. The summed E-state index contributed by atoms with van der Waals surface area (Å²) in [6.07, 6.45) is -3.94. The van der Waals surface area contributed by atoms with Crippen LogP contribution < -0.4 is 16.9 Å². The largest absolute Gasteiger partial charge is 0.459 e. The zero-order chi connectivity index (χ0) is 29.8. The number of ether oxygens (including phenoxy) is 4. The van der Waals surface area contributed by atoms with E-state index in [1.807, 2.05) is 0 Å². The van der Waals surface area contributed by atoms with Gasteiger partial charge < -0.3 is 34.6 Å². The number of hydrogen-bond acceptors (Lipinski definition) is 14. The molecule has 5 rings (SSSR count). The Morgan fingerprint density at radius 3 is 2.26 bits per heavy atom. The number of aromatic nitrogens is 2. The molecule has 3 aromatic rings. The molecule has 15 heteroatoms. The summed E-state index contributed by atoms with van der Waals surface area (Å²) in [4.78, 5) is 71.8. The van der Waals surface area contributed by atoms with Gasteiger partial charge in [-0.3, -0.25) is 4.57 Å². The van der Waals surface area contributed by atoms with Crippen LogP contribution in [0.3, 0.4) is 0 Å². The van der Waals surface area contributed by atoms with Gasteiger partial charge in [0.1, 0.15) is 18.8 Å². The monoisotopic (exact) mass is 580 g/mol. The summed E-state index contributed by atoms with van der Waals surface area (Å²) in [7, 11) is 0. The molecular weight excluding hydrogens is 556 g/mol. The highest BCUT2D eigenvalue weighted by atomic mass is 16.7. The van der Waals surface area contributed by atoms with Gasteiger partial charge in [-0.15, -0.1) is 0 Å². The van der Waals surface area contributed by atoms with Crippen LogP contribution in [0.25, 0.3) is 0 Å². The maximum atomic E-state index is 13.1. The van der Waals surface area contributed by atoms with Crippen LogP contribution in [0.5, 0.6) is 0 Å². The van der Waals surface area contributed by atoms with Gasteiger partial charge in [0, 0.05) is 12.3 Å². The molecule has 0 unspecified atom stereocenters. The summed E-state index contributed by atoms with van der Waals surface area (Å²) in [5.74, 6) is -3.56. The minimum atomic E-state index is -1.36. The van der Waals surface area contributed by atoms with Crippen LogP contribution in [0.1, 0.15) is 37.3 Å². The van der Waals surface area contributed by atoms with Gasteiger partial charge in [-0.25, -0.2) is 29.5 Å². The highest BCUT2D eigenvalue weighted by Crippen LogP contribution is 2.36. The molecule has 0 amide bonds. The van der Waals surface area contributed by atoms with Crippen molar-refractivity contribution < 1.29 is 48.1 Å². The average molecular weight is 581 g/mol. The Morgan fingerprint density at radius 1 is 0.976 bits per heavy atom. The van der Waals surface area contributed by atoms with Crippen LogP contribution in [-0.2, 0) is 28.6 Å². The minimum Gasteiger partial charge on any atom is -0.459 e. The average Bonchev–Trinajstić information content (AvgIpc) is 3.33. The van der Waals surface area contributed by atoms with Gasteiger partial charge in [-0.05, 0) is 24.3 Å². The number of esters is 3. The molecule has 218 valence electrons. The smallest absolute Gasteiger partial charge is 0.351 e. The number of nitrogens with one attached hydrogen (secondary N) is 1. The quantitative estimate of drug-likeness (QED) is 0.181. The Morgan fingerprint density at radius 2 is 1.62 bits per heavy atom. The lowest BCUT2D eigenvalue weighted by atomic mass is 10.0. The van der Waals surface area contributed by atoms with Gasteiger partial charge in [0.2, 0.25) is 0 Å². The third kappa shape index (κ3) is 5.83. The molecule has 42 heavy (non-hydrogen) atoms. The molecule has 0 radical (unpaired) electrons. The van der Waals surface area contributed by atoms with E-state index in [-0.39, 0.29) is 22.5 Å². The third-order valence-electron chi connectivity index (χ3n) is 6.39.